The molecule has 0 saturated carbocycles. The van der Waals surface area contributed by atoms with Gasteiger partial charge in [-0.05, 0) is 48.9 Å². The van der Waals surface area contributed by atoms with E-state index in [1.54, 1.807) is 42.5 Å². The summed E-state index contributed by atoms with van der Waals surface area (Å²) in [7, 11) is 0. The van der Waals surface area contributed by atoms with Gasteiger partial charge in [0.05, 0.1) is 5.56 Å². The van der Waals surface area contributed by atoms with Crippen LogP contribution in [0.2, 0.25) is 5.02 Å². The molecule has 0 saturated heterocycles. The maximum Gasteiger partial charge on any atom is 0.255 e. The third-order valence-electron chi connectivity index (χ3n) is 3.40. The van der Waals surface area contributed by atoms with E-state index in [-0.39, 0.29) is 11.8 Å². The third-order valence-corrected chi connectivity index (χ3v) is 3.65. The molecule has 0 spiro atoms. The van der Waals surface area contributed by atoms with Crippen LogP contribution in [0.5, 0.6) is 11.5 Å². The predicted octanol–water partition coefficient (Wildman–Crippen LogP) is 4.62. The number of halogens is 1. The van der Waals surface area contributed by atoms with Gasteiger partial charge >= 0.3 is 0 Å². The van der Waals surface area contributed by atoms with E-state index in [2.05, 4.69) is 17.6 Å². The van der Waals surface area contributed by atoms with Gasteiger partial charge in [0, 0.05) is 24.2 Å². The first kappa shape index (κ1) is 18.8. The van der Waals surface area contributed by atoms with Crippen molar-refractivity contribution in [3.8, 4) is 11.5 Å². The van der Waals surface area contributed by atoms with E-state index in [0.717, 1.165) is 12.8 Å². The van der Waals surface area contributed by atoms with Crippen molar-refractivity contribution in [1.29, 1.82) is 0 Å². The molecule has 132 valence electrons. The van der Waals surface area contributed by atoms with Crippen LogP contribution in [0.15, 0.2) is 42.5 Å². The van der Waals surface area contributed by atoms with Crippen LogP contribution in [0.4, 0.5) is 5.69 Å². The number of hydrogen-bond acceptors (Lipinski definition) is 3. The molecule has 0 unspecified atom stereocenters. The van der Waals surface area contributed by atoms with Crippen molar-refractivity contribution >= 4 is 29.1 Å². The van der Waals surface area contributed by atoms with Crippen molar-refractivity contribution in [2.45, 2.75) is 26.7 Å². The van der Waals surface area contributed by atoms with Crippen molar-refractivity contribution in [3.05, 3.63) is 53.1 Å². The van der Waals surface area contributed by atoms with Gasteiger partial charge in [-0.2, -0.15) is 0 Å². The summed E-state index contributed by atoms with van der Waals surface area (Å²) in [5.41, 5.74) is 0.897. The Morgan fingerprint density at radius 3 is 2.48 bits per heavy atom. The molecule has 0 aliphatic heterocycles. The first-order valence-corrected chi connectivity index (χ1v) is 8.50. The molecule has 6 heteroatoms. The van der Waals surface area contributed by atoms with Crippen molar-refractivity contribution in [1.82, 2.24) is 5.32 Å². The molecule has 0 heterocycles. The Morgan fingerprint density at radius 1 is 1.12 bits per heavy atom. The van der Waals surface area contributed by atoms with Crippen LogP contribution in [-0.2, 0) is 4.79 Å². The monoisotopic (exact) mass is 360 g/mol. The van der Waals surface area contributed by atoms with Gasteiger partial charge in [-0.15, -0.1) is 0 Å². The van der Waals surface area contributed by atoms with Crippen molar-refractivity contribution in [2.24, 2.45) is 0 Å². The topological polar surface area (TPSA) is 67.4 Å². The Morgan fingerprint density at radius 2 is 1.84 bits per heavy atom. The van der Waals surface area contributed by atoms with Crippen LogP contribution < -0.4 is 15.4 Å². The van der Waals surface area contributed by atoms with Crippen LogP contribution >= 0.6 is 11.6 Å². The van der Waals surface area contributed by atoms with Crippen molar-refractivity contribution < 1.29 is 14.3 Å². The fraction of sp³-hybridized carbons (Fsp3) is 0.263. The lowest BCUT2D eigenvalue weighted by molar-refractivity contribution is -0.114. The lowest BCUT2D eigenvalue weighted by Crippen LogP contribution is -2.25. The normalized spacial score (nSPS) is 10.2. The fourth-order valence-corrected chi connectivity index (χ4v) is 2.31. The highest BCUT2D eigenvalue weighted by Crippen LogP contribution is 2.29. The molecule has 0 aliphatic carbocycles. The Labute approximate surface area is 152 Å². The second kappa shape index (κ2) is 9.08. The Kier molecular flexibility index (Phi) is 6.83. The van der Waals surface area contributed by atoms with E-state index < -0.39 is 0 Å². The number of anilines is 1. The molecule has 0 aliphatic rings. The minimum absolute atomic E-state index is 0.205. The molecule has 5 nitrogen and oxygen atoms in total. The number of benzene rings is 2. The quantitative estimate of drug-likeness (QED) is 0.708. The minimum Gasteiger partial charge on any atom is -0.457 e. The lowest BCUT2D eigenvalue weighted by Gasteiger charge is -2.13. The Hall–Kier alpha value is -2.53. The van der Waals surface area contributed by atoms with Crippen LogP contribution in [0.1, 0.15) is 37.0 Å². The van der Waals surface area contributed by atoms with Crippen molar-refractivity contribution in [2.75, 3.05) is 11.9 Å². The molecule has 25 heavy (non-hydrogen) atoms. The van der Waals surface area contributed by atoms with E-state index in [4.69, 9.17) is 16.3 Å². The molecular formula is C19H21ClN2O3. The van der Waals surface area contributed by atoms with E-state index in [1.807, 2.05) is 0 Å². The van der Waals surface area contributed by atoms with E-state index in [9.17, 15) is 9.59 Å². The molecule has 2 rings (SSSR count). The van der Waals surface area contributed by atoms with Gasteiger partial charge in [0.2, 0.25) is 5.91 Å². The summed E-state index contributed by atoms with van der Waals surface area (Å²) in [5.74, 6) is 0.526. The molecule has 0 fully saturated rings. The highest BCUT2D eigenvalue weighted by molar-refractivity contribution is 6.30. The molecular weight excluding hydrogens is 340 g/mol. The molecule has 0 aromatic heterocycles. The highest BCUT2D eigenvalue weighted by Gasteiger charge is 2.15. The summed E-state index contributed by atoms with van der Waals surface area (Å²) in [6, 6.07) is 11.8. The number of rotatable bonds is 7. The number of ether oxygens (including phenoxy) is 1. The number of amides is 2. The lowest BCUT2D eigenvalue weighted by atomic mass is 10.1. The average Bonchev–Trinajstić information content (AvgIpc) is 2.58. The predicted molar refractivity (Wildman–Crippen MR) is 99.5 cm³/mol. The number of nitrogens with one attached hydrogen (secondary N) is 2. The van der Waals surface area contributed by atoms with Gasteiger partial charge in [0.1, 0.15) is 11.5 Å². The maximum atomic E-state index is 12.5. The van der Waals surface area contributed by atoms with Crippen LogP contribution in [0.3, 0.4) is 0 Å². The van der Waals surface area contributed by atoms with Gasteiger partial charge < -0.3 is 15.4 Å². The second-order valence-electron chi connectivity index (χ2n) is 5.56. The second-order valence-corrected chi connectivity index (χ2v) is 5.99. The molecule has 2 aromatic carbocycles. The summed E-state index contributed by atoms with van der Waals surface area (Å²) < 4.78 is 5.82. The van der Waals surface area contributed by atoms with Gasteiger partial charge in [-0.25, -0.2) is 0 Å². The zero-order chi connectivity index (χ0) is 18.2. The number of unbranched alkanes of at least 4 members (excludes halogenated alkanes) is 1. The first-order valence-electron chi connectivity index (χ1n) is 8.13. The van der Waals surface area contributed by atoms with Crippen LogP contribution in [0, 0.1) is 0 Å². The Balaban J connectivity index is 2.27. The van der Waals surface area contributed by atoms with Gasteiger partial charge in [-0.1, -0.05) is 24.9 Å². The number of hydrogen-bond donors (Lipinski definition) is 2. The molecule has 2 N–H and O–H groups in total. The highest BCUT2D eigenvalue weighted by atomic mass is 35.5. The number of carbonyl (C=O) groups is 2. The van der Waals surface area contributed by atoms with E-state index in [0.29, 0.717) is 34.3 Å². The zero-order valence-electron chi connectivity index (χ0n) is 14.3. The van der Waals surface area contributed by atoms with Crippen molar-refractivity contribution in [3.63, 3.8) is 0 Å². The van der Waals surface area contributed by atoms with Gasteiger partial charge in [0.25, 0.3) is 5.91 Å². The largest absolute Gasteiger partial charge is 0.457 e. The molecule has 2 aromatic rings. The summed E-state index contributed by atoms with van der Waals surface area (Å²) in [4.78, 5) is 23.8. The molecule has 0 radical (unpaired) electrons. The fourth-order valence-electron chi connectivity index (χ4n) is 2.18. The molecule has 0 bridgehead atoms. The Bertz CT molecular complexity index is 745. The zero-order valence-corrected chi connectivity index (χ0v) is 15.0. The van der Waals surface area contributed by atoms with E-state index in [1.165, 1.54) is 6.92 Å². The standard InChI is InChI=1S/C19H21ClN2O3/c1-3-4-11-21-19(24)17-12-15(22-13(2)23)7-10-18(17)25-16-8-5-14(20)6-9-16/h5-10,12H,3-4,11H2,1-2H3,(H,21,24)(H,22,23). The van der Waals surface area contributed by atoms with Gasteiger partial charge in [0.15, 0.2) is 0 Å². The maximum absolute atomic E-state index is 12.5. The first-order chi connectivity index (χ1) is 12.0. The third kappa shape index (κ3) is 5.80. The summed E-state index contributed by atoms with van der Waals surface area (Å²) in [5, 5.41) is 6.14. The van der Waals surface area contributed by atoms with Gasteiger partial charge in [-0.3, -0.25) is 9.59 Å². The minimum atomic E-state index is -0.246. The average molecular weight is 361 g/mol. The van der Waals surface area contributed by atoms with Crippen LogP contribution in [-0.4, -0.2) is 18.4 Å². The molecule has 2 amide bonds. The summed E-state index contributed by atoms with van der Waals surface area (Å²) >= 11 is 5.88. The molecule has 0 atom stereocenters. The van der Waals surface area contributed by atoms with E-state index >= 15 is 0 Å². The SMILES string of the molecule is CCCCNC(=O)c1cc(NC(C)=O)ccc1Oc1ccc(Cl)cc1. The smallest absolute Gasteiger partial charge is 0.255 e. The summed E-state index contributed by atoms with van der Waals surface area (Å²) in [6.45, 7) is 4.05. The summed E-state index contributed by atoms with van der Waals surface area (Å²) in [6.07, 6.45) is 1.88. The number of carbonyl (C=O) groups excluding carboxylic acids is 2. The van der Waals surface area contributed by atoms with Crippen LogP contribution in [0.25, 0.3) is 0 Å².